The van der Waals surface area contributed by atoms with Crippen LogP contribution in [0.4, 0.5) is 13.2 Å². The number of hydrogen-bond acceptors (Lipinski definition) is 3. The molecule has 0 aromatic carbocycles. The van der Waals surface area contributed by atoms with Crippen LogP contribution in [0.25, 0.3) is 16.8 Å². The molecule has 3 aromatic rings. The van der Waals surface area contributed by atoms with E-state index in [1.54, 1.807) is 11.5 Å². The van der Waals surface area contributed by atoms with Crippen LogP contribution in [0, 0.1) is 6.92 Å². The first-order valence-corrected chi connectivity index (χ1v) is 7.95. The van der Waals surface area contributed by atoms with E-state index in [-0.39, 0.29) is 12.1 Å². The van der Waals surface area contributed by atoms with E-state index in [1.165, 1.54) is 0 Å². The zero-order chi connectivity index (χ0) is 18.2. The van der Waals surface area contributed by atoms with Crippen LogP contribution in [0.2, 0.25) is 0 Å². The minimum Gasteiger partial charge on any atom is -0.348 e. The molecule has 0 atom stereocenters. The van der Waals surface area contributed by atoms with Gasteiger partial charge in [-0.15, -0.1) is 0 Å². The number of amides is 1. The van der Waals surface area contributed by atoms with Gasteiger partial charge in [0.15, 0.2) is 0 Å². The number of unbranched alkanes of at least 4 members (excludes halogenated alkanes) is 2. The number of nitrogens with one attached hydrogen (secondary N) is 1. The number of carbonyl (C=O) groups excluding carboxylic acids is 1. The lowest BCUT2D eigenvalue weighted by Gasteiger charge is -2.08. The lowest BCUT2D eigenvalue weighted by atomic mass is 10.2. The van der Waals surface area contributed by atoms with Crippen molar-refractivity contribution in [2.45, 2.75) is 38.9 Å². The number of imidazole rings is 2. The molecule has 25 heavy (non-hydrogen) atoms. The van der Waals surface area contributed by atoms with E-state index in [1.807, 2.05) is 27.9 Å². The number of aryl methyl sites for hydroxylation is 2. The van der Waals surface area contributed by atoms with Crippen molar-refractivity contribution in [1.29, 1.82) is 0 Å². The second kappa shape index (κ2) is 6.38. The smallest absolute Gasteiger partial charge is 0.348 e. The molecule has 3 heterocycles. The maximum absolute atomic E-state index is 12.6. The highest BCUT2D eigenvalue weighted by Gasteiger charge is 2.38. The van der Waals surface area contributed by atoms with Crippen molar-refractivity contribution in [1.82, 2.24) is 19.3 Å². The number of pyridine rings is 1. The summed E-state index contributed by atoms with van der Waals surface area (Å²) in [5, 5.41) is 1.84. The molecule has 3 aromatic heterocycles. The topological polar surface area (TPSA) is 68.4 Å². The minimum atomic E-state index is -4.85. The summed E-state index contributed by atoms with van der Waals surface area (Å²) in [6.45, 7) is 2.22. The fourth-order valence-electron chi connectivity index (χ4n) is 2.97. The molecule has 0 radical (unpaired) electrons. The van der Waals surface area contributed by atoms with E-state index in [4.69, 9.17) is 0 Å². The summed E-state index contributed by atoms with van der Waals surface area (Å²) < 4.78 is 39.6. The predicted octanol–water partition coefficient (Wildman–Crippen LogP) is 2.24. The number of nitrogens with zero attached hydrogens (tertiary/aromatic N) is 3. The van der Waals surface area contributed by atoms with Gasteiger partial charge in [0.05, 0.1) is 5.69 Å². The SMILES string of the molecule is Cc1nc2cccc3n(CCCCCNC(=O)C(F)(F)F)c(=O)c1n23. The van der Waals surface area contributed by atoms with Crippen LogP contribution in [-0.2, 0) is 11.3 Å². The maximum atomic E-state index is 12.6. The second-order valence-electron chi connectivity index (χ2n) is 5.89. The van der Waals surface area contributed by atoms with E-state index in [0.717, 1.165) is 11.3 Å². The Morgan fingerprint density at radius 3 is 2.72 bits per heavy atom. The van der Waals surface area contributed by atoms with Gasteiger partial charge in [-0.1, -0.05) is 6.07 Å². The van der Waals surface area contributed by atoms with Crippen molar-refractivity contribution < 1.29 is 18.0 Å². The molecule has 0 fully saturated rings. The van der Waals surface area contributed by atoms with Gasteiger partial charge in [0.25, 0.3) is 5.56 Å². The van der Waals surface area contributed by atoms with Gasteiger partial charge < -0.3 is 5.32 Å². The largest absolute Gasteiger partial charge is 0.471 e. The van der Waals surface area contributed by atoms with Gasteiger partial charge in [-0.05, 0) is 38.3 Å². The highest BCUT2D eigenvalue weighted by Crippen LogP contribution is 2.17. The summed E-state index contributed by atoms with van der Waals surface area (Å²) >= 11 is 0. The van der Waals surface area contributed by atoms with Crippen LogP contribution in [-0.4, -0.2) is 32.6 Å². The van der Waals surface area contributed by atoms with E-state index >= 15 is 0 Å². The Labute approximate surface area is 140 Å². The Morgan fingerprint density at radius 1 is 1.24 bits per heavy atom. The monoisotopic (exact) mass is 354 g/mol. The average Bonchev–Trinajstić information content (AvgIpc) is 3.02. The van der Waals surface area contributed by atoms with E-state index in [2.05, 4.69) is 4.98 Å². The summed E-state index contributed by atoms with van der Waals surface area (Å²) in [6.07, 6.45) is -3.20. The molecule has 9 heteroatoms. The van der Waals surface area contributed by atoms with Crippen molar-refractivity contribution in [2.75, 3.05) is 6.54 Å². The lowest BCUT2D eigenvalue weighted by Crippen LogP contribution is -2.37. The standard InChI is InChI=1S/C16H17F3N4O2/c1-10-13-14(24)22(12-7-5-6-11(21-10)23(12)13)9-4-2-3-8-20-15(25)16(17,18)19/h5-7H,2-4,8-9H2,1H3,(H,20,25). The van der Waals surface area contributed by atoms with Gasteiger partial charge in [-0.25, -0.2) is 4.98 Å². The molecule has 0 spiro atoms. The summed E-state index contributed by atoms with van der Waals surface area (Å²) in [4.78, 5) is 27.6. The Morgan fingerprint density at radius 2 is 2.00 bits per heavy atom. The second-order valence-corrected chi connectivity index (χ2v) is 5.89. The van der Waals surface area contributed by atoms with Crippen molar-refractivity contribution in [3.05, 3.63) is 34.2 Å². The summed E-state index contributed by atoms with van der Waals surface area (Å²) in [5.74, 6) is -1.92. The molecule has 6 nitrogen and oxygen atoms in total. The molecule has 0 aliphatic carbocycles. The highest BCUT2D eigenvalue weighted by atomic mass is 19.4. The molecule has 0 unspecified atom stereocenters. The molecule has 1 N–H and O–H groups in total. The Hall–Kier alpha value is -2.58. The van der Waals surface area contributed by atoms with Crippen LogP contribution < -0.4 is 10.9 Å². The molecule has 0 bridgehead atoms. The Balaban J connectivity index is 1.60. The average molecular weight is 354 g/mol. The van der Waals surface area contributed by atoms with Gasteiger partial charge in [0, 0.05) is 13.1 Å². The van der Waals surface area contributed by atoms with Crippen LogP contribution >= 0.6 is 0 Å². The molecular formula is C16H17F3N4O2. The van der Waals surface area contributed by atoms with Crippen LogP contribution in [0.3, 0.4) is 0 Å². The number of halogens is 3. The highest BCUT2D eigenvalue weighted by molar-refractivity contribution is 5.81. The molecule has 1 amide bonds. The maximum Gasteiger partial charge on any atom is 0.471 e. The molecule has 3 rings (SSSR count). The number of alkyl halides is 3. The van der Waals surface area contributed by atoms with Crippen LogP contribution in [0.5, 0.6) is 0 Å². The van der Waals surface area contributed by atoms with Gasteiger partial charge in [-0.2, -0.15) is 13.2 Å². The third-order valence-electron chi connectivity index (χ3n) is 4.12. The third kappa shape index (κ3) is 3.18. The molecule has 0 aliphatic heterocycles. The first-order valence-electron chi connectivity index (χ1n) is 7.95. The summed E-state index contributed by atoms with van der Waals surface area (Å²) in [6, 6.07) is 5.51. The normalized spacial score (nSPS) is 12.3. The quantitative estimate of drug-likeness (QED) is 0.691. The van der Waals surface area contributed by atoms with E-state index < -0.39 is 12.1 Å². The number of hydrogen-bond donors (Lipinski definition) is 1. The van der Waals surface area contributed by atoms with Crippen molar-refractivity contribution in [3.8, 4) is 0 Å². The van der Waals surface area contributed by atoms with Gasteiger partial charge in [0.1, 0.15) is 16.8 Å². The van der Waals surface area contributed by atoms with Crippen molar-refractivity contribution in [2.24, 2.45) is 0 Å². The summed E-state index contributed by atoms with van der Waals surface area (Å²) in [5.41, 5.74) is 2.59. The Bertz CT molecular complexity index is 958. The Kier molecular flexibility index (Phi) is 4.40. The van der Waals surface area contributed by atoms with Gasteiger partial charge in [0.2, 0.25) is 0 Å². The lowest BCUT2D eigenvalue weighted by molar-refractivity contribution is -0.173. The predicted molar refractivity (Wildman–Crippen MR) is 85.8 cm³/mol. The molecule has 0 saturated heterocycles. The van der Waals surface area contributed by atoms with Gasteiger partial charge >= 0.3 is 12.1 Å². The van der Waals surface area contributed by atoms with Crippen LogP contribution in [0.1, 0.15) is 25.0 Å². The van der Waals surface area contributed by atoms with E-state index in [0.29, 0.717) is 37.0 Å². The van der Waals surface area contributed by atoms with Crippen molar-refractivity contribution in [3.63, 3.8) is 0 Å². The molecule has 0 saturated carbocycles. The minimum absolute atomic E-state index is 0.0368. The fourth-order valence-corrected chi connectivity index (χ4v) is 2.97. The van der Waals surface area contributed by atoms with E-state index in [9.17, 15) is 22.8 Å². The van der Waals surface area contributed by atoms with Crippen molar-refractivity contribution >= 4 is 22.7 Å². The number of aromatic nitrogens is 3. The number of carbonyl (C=O) groups is 1. The van der Waals surface area contributed by atoms with Crippen LogP contribution in [0.15, 0.2) is 23.0 Å². The molecule has 0 aliphatic rings. The molecular weight excluding hydrogens is 337 g/mol. The number of rotatable bonds is 6. The zero-order valence-corrected chi connectivity index (χ0v) is 13.6. The molecule has 134 valence electrons. The first-order chi connectivity index (χ1) is 11.8. The zero-order valence-electron chi connectivity index (χ0n) is 13.6. The first kappa shape index (κ1) is 17.2. The third-order valence-corrected chi connectivity index (χ3v) is 4.12. The summed E-state index contributed by atoms with van der Waals surface area (Å²) in [7, 11) is 0. The van der Waals surface area contributed by atoms with Gasteiger partial charge in [-0.3, -0.25) is 18.6 Å². The fraction of sp³-hybridized carbons (Fsp3) is 0.438.